The van der Waals surface area contributed by atoms with Crippen molar-refractivity contribution in [3.05, 3.63) is 128 Å². The maximum Gasteiger partial charge on any atom is 0.260 e. The molecule has 4 aromatic rings. The zero-order valence-corrected chi connectivity index (χ0v) is 36.0. The second-order valence-electron chi connectivity index (χ2n) is 16.3. The molecule has 9 rings (SSSR count). The summed E-state index contributed by atoms with van der Waals surface area (Å²) in [6.45, 7) is 2.29. The maximum atomic E-state index is 15.6. The number of ether oxygens (including phenoxy) is 2. The van der Waals surface area contributed by atoms with Crippen LogP contribution >= 0.6 is 39.1 Å². The van der Waals surface area contributed by atoms with Gasteiger partial charge >= 0.3 is 0 Å². The van der Waals surface area contributed by atoms with Crippen molar-refractivity contribution in [3.63, 3.8) is 0 Å². The van der Waals surface area contributed by atoms with E-state index >= 15 is 9.59 Å². The van der Waals surface area contributed by atoms with E-state index in [2.05, 4.69) is 38.4 Å². The van der Waals surface area contributed by atoms with Crippen LogP contribution in [0.1, 0.15) is 48.3 Å². The van der Waals surface area contributed by atoms with Crippen molar-refractivity contribution in [1.82, 2.24) is 14.8 Å². The van der Waals surface area contributed by atoms with Crippen LogP contribution in [-0.2, 0) is 31.1 Å². The molecule has 5 aliphatic rings. The van der Waals surface area contributed by atoms with Crippen molar-refractivity contribution in [2.45, 2.75) is 49.6 Å². The fraction of sp³-hybridized carbons (Fsp3) is 0.348. The lowest BCUT2D eigenvalue weighted by Gasteiger charge is -2.50. The first-order chi connectivity index (χ1) is 29.0. The first-order valence-electron chi connectivity index (χ1n) is 20.1. The number of phenolic OH excluding ortho intramolecular Hbond substituents is 1. The number of likely N-dealkylation sites (tertiary alicyclic amines) is 2. The number of fused-ring (bicyclic) bond motifs is 4. The Morgan fingerprint density at radius 2 is 1.60 bits per heavy atom. The Morgan fingerprint density at radius 3 is 2.28 bits per heavy atom. The highest BCUT2D eigenvalue weighted by Crippen LogP contribution is 2.65. The Kier molecular flexibility index (Phi) is 10.7. The van der Waals surface area contributed by atoms with Crippen LogP contribution in [0.15, 0.2) is 101 Å². The molecule has 0 spiro atoms. The van der Waals surface area contributed by atoms with E-state index in [4.69, 9.17) is 32.7 Å². The molecule has 2 N–H and O–H groups in total. The molecular weight excluding hydrogens is 871 g/mol. The van der Waals surface area contributed by atoms with Crippen LogP contribution in [0.2, 0.25) is 10.0 Å². The Bertz CT molecular complexity index is 2430. The smallest absolute Gasteiger partial charge is 0.260 e. The summed E-state index contributed by atoms with van der Waals surface area (Å²) in [5.41, 5.74) is 4.43. The van der Waals surface area contributed by atoms with Gasteiger partial charge in [-0.25, -0.2) is 0 Å². The molecule has 4 amide bonds. The molecule has 6 unspecified atom stereocenters. The number of nitrogens with one attached hydrogen (secondary N) is 1. The third-order valence-corrected chi connectivity index (χ3v) is 14.4. The Balaban J connectivity index is 1.15. The van der Waals surface area contributed by atoms with Gasteiger partial charge in [-0.05, 0) is 85.2 Å². The van der Waals surface area contributed by atoms with Crippen molar-refractivity contribution in [2.75, 3.05) is 32.7 Å². The second-order valence-corrected chi connectivity index (χ2v) is 18.1. The highest BCUT2D eigenvalue weighted by molar-refractivity contribution is 9.10. The topological polar surface area (TPSA) is 129 Å². The number of hydrogen-bond donors (Lipinski definition) is 2. The van der Waals surface area contributed by atoms with E-state index in [1.54, 1.807) is 55.6 Å². The van der Waals surface area contributed by atoms with Gasteiger partial charge in [-0.2, -0.15) is 5.01 Å². The SMILES string of the molecule is COc1ccc(C23C(=O)N(Nc4ccc(Cl)cc4Cl)C(=O)C2CC2C(=CCC4C(=O)N(C5CCN(Cc6ccccc6)CC5)C(=O)C42)C3c2cc(Br)cc(OC)c2O)cc1. The van der Waals surface area contributed by atoms with Gasteiger partial charge in [0.05, 0.1) is 48.1 Å². The lowest BCUT2D eigenvalue weighted by molar-refractivity contribution is -0.144. The maximum absolute atomic E-state index is 15.6. The summed E-state index contributed by atoms with van der Waals surface area (Å²) >= 11 is 16.4. The molecule has 3 saturated heterocycles. The fourth-order valence-corrected chi connectivity index (χ4v) is 11.6. The average molecular weight is 915 g/mol. The molecule has 310 valence electrons. The number of nitrogens with zero attached hydrogens (tertiary/aromatic N) is 3. The van der Waals surface area contributed by atoms with Gasteiger partial charge in [0.25, 0.3) is 11.8 Å². The largest absolute Gasteiger partial charge is 0.504 e. The van der Waals surface area contributed by atoms with Gasteiger partial charge < -0.3 is 14.6 Å². The average Bonchev–Trinajstić information content (AvgIpc) is 3.63. The minimum absolute atomic E-state index is 0.0981. The van der Waals surface area contributed by atoms with E-state index in [0.717, 1.165) is 24.6 Å². The van der Waals surface area contributed by atoms with E-state index in [1.807, 2.05) is 24.3 Å². The van der Waals surface area contributed by atoms with Gasteiger partial charge in [-0.1, -0.05) is 93.2 Å². The van der Waals surface area contributed by atoms with Crippen molar-refractivity contribution < 1.29 is 33.8 Å². The third-order valence-electron chi connectivity index (χ3n) is 13.4. The standard InChI is InChI=1S/C46H43BrCl2N4O7/c1-59-30-11-8-26(9-12-30)46-35(43(56)53(45(46)58)50-37-15-10-28(48)22-36(37)49)23-33-31(40(46)34-20-27(47)21-38(60-2)41(34)54)13-14-32-39(33)44(57)52(42(32)55)29-16-18-51(19-17-29)24-25-6-4-3-5-7-25/h3-13,15,20-22,29,32-33,35,39-40,50,54H,14,16-19,23-24H2,1-2H3. The van der Waals surface area contributed by atoms with Crippen LogP contribution in [0.4, 0.5) is 5.69 Å². The number of benzene rings is 4. The van der Waals surface area contributed by atoms with Crippen LogP contribution in [0, 0.1) is 23.7 Å². The molecule has 3 heterocycles. The molecule has 4 fully saturated rings. The molecular formula is C46H43BrCl2N4O7. The summed E-state index contributed by atoms with van der Waals surface area (Å²) in [5, 5.41) is 13.6. The summed E-state index contributed by atoms with van der Waals surface area (Å²) in [7, 11) is 2.99. The van der Waals surface area contributed by atoms with Crippen LogP contribution in [0.25, 0.3) is 0 Å². The monoisotopic (exact) mass is 912 g/mol. The van der Waals surface area contributed by atoms with Gasteiger partial charge in [-0.3, -0.25) is 34.4 Å². The number of halogens is 3. The number of carbonyl (C=O) groups is 4. The van der Waals surface area contributed by atoms with Crippen molar-refractivity contribution in [2.24, 2.45) is 23.7 Å². The summed E-state index contributed by atoms with van der Waals surface area (Å²) < 4.78 is 11.7. The van der Waals surface area contributed by atoms with Gasteiger partial charge in [0.15, 0.2) is 11.5 Å². The highest BCUT2D eigenvalue weighted by Gasteiger charge is 2.71. The van der Waals surface area contributed by atoms with Gasteiger partial charge in [0, 0.05) is 46.7 Å². The molecule has 0 bridgehead atoms. The Labute approximate surface area is 366 Å². The highest BCUT2D eigenvalue weighted by atomic mass is 79.9. The molecule has 60 heavy (non-hydrogen) atoms. The number of hydrogen-bond acceptors (Lipinski definition) is 9. The van der Waals surface area contributed by atoms with E-state index in [1.165, 1.54) is 23.6 Å². The second kappa shape index (κ2) is 15.9. The van der Waals surface area contributed by atoms with Crippen LogP contribution in [0.5, 0.6) is 17.2 Å². The number of rotatable bonds is 9. The number of aromatic hydroxyl groups is 1. The van der Waals surface area contributed by atoms with E-state index in [0.29, 0.717) is 44.8 Å². The summed E-state index contributed by atoms with van der Waals surface area (Å²) in [4.78, 5) is 64.0. The molecule has 2 aliphatic carbocycles. The number of phenols is 1. The van der Waals surface area contributed by atoms with E-state index in [9.17, 15) is 14.7 Å². The molecule has 0 radical (unpaired) electrons. The number of allylic oxidation sites excluding steroid dienone is 2. The predicted octanol–water partition coefficient (Wildman–Crippen LogP) is 8.13. The quantitative estimate of drug-likeness (QED) is 0.126. The zero-order valence-electron chi connectivity index (χ0n) is 32.9. The predicted molar refractivity (Wildman–Crippen MR) is 230 cm³/mol. The number of carbonyl (C=O) groups excluding carboxylic acids is 4. The Hall–Kier alpha value is -4.88. The molecule has 11 nitrogen and oxygen atoms in total. The normalized spacial score (nSPS) is 26.8. The summed E-state index contributed by atoms with van der Waals surface area (Å²) in [6, 6.07) is 25.1. The zero-order chi connectivity index (χ0) is 42.0. The number of imide groups is 2. The number of amides is 4. The fourth-order valence-electron chi connectivity index (χ4n) is 10.7. The van der Waals surface area contributed by atoms with Crippen LogP contribution < -0.4 is 14.9 Å². The summed E-state index contributed by atoms with van der Waals surface area (Å²) in [6.07, 6.45) is 3.66. The molecule has 4 aromatic carbocycles. The van der Waals surface area contributed by atoms with Gasteiger partial charge in [0.1, 0.15) is 5.75 Å². The van der Waals surface area contributed by atoms with Crippen molar-refractivity contribution >= 4 is 68.4 Å². The first-order valence-corrected chi connectivity index (χ1v) is 21.6. The van der Waals surface area contributed by atoms with Gasteiger partial charge in [-0.15, -0.1) is 0 Å². The van der Waals surface area contributed by atoms with E-state index < -0.39 is 46.8 Å². The lowest BCUT2D eigenvalue weighted by Crippen LogP contribution is -2.53. The molecule has 1 saturated carbocycles. The van der Waals surface area contributed by atoms with Crippen LogP contribution in [0.3, 0.4) is 0 Å². The van der Waals surface area contributed by atoms with Crippen molar-refractivity contribution in [3.8, 4) is 17.2 Å². The number of methoxy groups -OCH3 is 2. The lowest BCUT2D eigenvalue weighted by atomic mass is 9.49. The minimum Gasteiger partial charge on any atom is -0.504 e. The van der Waals surface area contributed by atoms with Crippen LogP contribution in [-0.4, -0.2) is 76.9 Å². The first kappa shape index (κ1) is 40.5. The minimum atomic E-state index is -1.65. The molecule has 14 heteroatoms. The third kappa shape index (κ3) is 6.49. The van der Waals surface area contributed by atoms with E-state index in [-0.39, 0.29) is 52.9 Å². The number of anilines is 1. The van der Waals surface area contributed by atoms with Gasteiger partial charge in [0.2, 0.25) is 11.8 Å². The number of hydrazine groups is 1. The Morgan fingerprint density at radius 1 is 0.867 bits per heavy atom. The molecule has 6 atom stereocenters. The molecule has 0 aromatic heterocycles. The summed E-state index contributed by atoms with van der Waals surface area (Å²) in [5.74, 6) is -5.06. The van der Waals surface area contributed by atoms with Crippen molar-refractivity contribution in [1.29, 1.82) is 0 Å². The molecule has 3 aliphatic heterocycles. The number of piperidine rings is 1.